The fourth-order valence-electron chi connectivity index (χ4n) is 2.92. The average Bonchev–Trinajstić information content (AvgIpc) is 2.62. The SMILES string of the molecule is CCCCCCCC[Si](C)(Oc1ccc(N)cc1)Oc1ccc(N)cc1. The maximum atomic E-state index is 6.35. The van der Waals surface area contributed by atoms with Crippen LogP contribution in [-0.2, 0) is 0 Å². The molecule has 2 aromatic carbocycles. The van der Waals surface area contributed by atoms with Crippen LogP contribution in [0.4, 0.5) is 11.4 Å². The maximum absolute atomic E-state index is 6.35. The van der Waals surface area contributed by atoms with Crippen molar-refractivity contribution >= 4 is 19.9 Å². The van der Waals surface area contributed by atoms with Crippen molar-refractivity contribution in [2.75, 3.05) is 11.5 Å². The van der Waals surface area contributed by atoms with E-state index in [0.29, 0.717) is 0 Å². The molecular weight excluding hydrogens is 340 g/mol. The summed E-state index contributed by atoms with van der Waals surface area (Å²) in [6.07, 6.45) is 7.52. The van der Waals surface area contributed by atoms with Gasteiger partial charge in [0.05, 0.1) is 0 Å². The van der Waals surface area contributed by atoms with E-state index in [1.54, 1.807) is 0 Å². The third-order valence-corrected chi connectivity index (χ3v) is 7.01. The van der Waals surface area contributed by atoms with Crippen molar-refractivity contribution in [2.24, 2.45) is 0 Å². The minimum absolute atomic E-state index is 0.732. The summed E-state index contributed by atoms with van der Waals surface area (Å²) in [6.45, 7) is 4.37. The Morgan fingerprint density at radius 1 is 0.692 bits per heavy atom. The van der Waals surface area contributed by atoms with Crippen LogP contribution in [-0.4, -0.2) is 8.56 Å². The van der Waals surface area contributed by atoms with Crippen LogP contribution in [0.1, 0.15) is 45.4 Å². The van der Waals surface area contributed by atoms with Crippen LogP contribution in [0.3, 0.4) is 0 Å². The molecule has 2 aromatic rings. The third-order valence-electron chi connectivity index (χ3n) is 4.41. The van der Waals surface area contributed by atoms with E-state index in [1.165, 1.54) is 32.1 Å². The van der Waals surface area contributed by atoms with E-state index in [2.05, 4.69) is 13.5 Å². The number of unbranched alkanes of at least 4 members (excludes halogenated alkanes) is 5. The molecule has 0 radical (unpaired) electrons. The largest absolute Gasteiger partial charge is 0.512 e. The molecule has 142 valence electrons. The number of anilines is 2. The second kappa shape index (κ2) is 10.1. The monoisotopic (exact) mass is 372 g/mol. The lowest BCUT2D eigenvalue weighted by Crippen LogP contribution is -2.45. The van der Waals surface area contributed by atoms with Crippen molar-refractivity contribution in [3.63, 3.8) is 0 Å². The van der Waals surface area contributed by atoms with Crippen LogP contribution in [0.5, 0.6) is 11.5 Å². The Morgan fingerprint density at radius 2 is 1.12 bits per heavy atom. The van der Waals surface area contributed by atoms with Crippen LogP contribution >= 0.6 is 0 Å². The molecule has 2 rings (SSSR count). The quantitative estimate of drug-likeness (QED) is 0.300. The molecule has 0 atom stereocenters. The molecule has 4 N–H and O–H groups in total. The number of rotatable bonds is 11. The standard InChI is InChI=1S/C21H32N2O2Si/c1-3-4-5-6-7-8-17-26(2,24-20-13-9-18(22)10-14-20)25-21-15-11-19(23)12-16-21/h9-16H,3-8,17,22-23H2,1-2H3. The Labute approximate surface area is 158 Å². The second-order valence-corrected chi connectivity index (χ2v) is 10.2. The summed E-state index contributed by atoms with van der Waals surface area (Å²) >= 11 is 0. The van der Waals surface area contributed by atoms with Crippen LogP contribution in [0, 0.1) is 0 Å². The van der Waals surface area contributed by atoms with Gasteiger partial charge < -0.3 is 20.3 Å². The average molecular weight is 373 g/mol. The molecule has 4 nitrogen and oxygen atoms in total. The topological polar surface area (TPSA) is 70.5 Å². The molecule has 0 aliphatic carbocycles. The summed E-state index contributed by atoms with van der Waals surface area (Å²) in [7, 11) is -2.42. The van der Waals surface area contributed by atoms with Crippen LogP contribution in [0.15, 0.2) is 48.5 Å². The first-order valence-corrected chi connectivity index (χ1v) is 12.1. The van der Waals surface area contributed by atoms with E-state index >= 15 is 0 Å². The fourth-order valence-corrected chi connectivity index (χ4v) is 5.33. The van der Waals surface area contributed by atoms with Gasteiger partial charge in [-0.1, -0.05) is 39.0 Å². The minimum atomic E-state index is -2.42. The van der Waals surface area contributed by atoms with Gasteiger partial charge in [-0.05, 0) is 55.0 Å². The highest BCUT2D eigenvalue weighted by Gasteiger charge is 2.35. The molecule has 0 bridgehead atoms. The minimum Gasteiger partial charge on any atom is -0.512 e. The summed E-state index contributed by atoms with van der Waals surface area (Å²) in [5.74, 6) is 1.63. The predicted molar refractivity (Wildman–Crippen MR) is 113 cm³/mol. The number of nitrogen functional groups attached to an aromatic ring is 2. The van der Waals surface area contributed by atoms with Crippen LogP contribution < -0.4 is 20.3 Å². The van der Waals surface area contributed by atoms with Crippen molar-refractivity contribution in [3.8, 4) is 11.5 Å². The van der Waals surface area contributed by atoms with E-state index < -0.39 is 8.56 Å². The van der Waals surface area contributed by atoms with Crippen molar-refractivity contribution < 1.29 is 8.85 Å². The van der Waals surface area contributed by atoms with Gasteiger partial charge in [0.2, 0.25) is 0 Å². The van der Waals surface area contributed by atoms with E-state index in [4.69, 9.17) is 20.3 Å². The van der Waals surface area contributed by atoms with Gasteiger partial charge in [0.1, 0.15) is 11.5 Å². The molecule has 0 heterocycles. The number of benzene rings is 2. The van der Waals surface area contributed by atoms with E-state index in [1.807, 2.05) is 48.5 Å². The third kappa shape index (κ3) is 7.00. The molecule has 0 unspecified atom stereocenters. The molecule has 0 amide bonds. The molecule has 0 aromatic heterocycles. The van der Waals surface area contributed by atoms with Gasteiger partial charge in [0.25, 0.3) is 0 Å². The van der Waals surface area contributed by atoms with E-state index in [0.717, 1.165) is 35.3 Å². The van der Waals surface area contributed by atoms with Gasteiger partial charge in [-0.3, -0.25) is 0 Å². The molecule has 5 heteroatoms. The highest BCUT2D eigenvalue weighted by molar-refractivity contribution is 6.67. The summed E-state index contributed by atoms with van der Waals surface area (Å²) in [4.78, 5) is 0. The van der Waals surface area contributed by atoms with Gasteiger partial charge in [-0.2, -0.15) is 0 Å². The first-order chi connectivity index (χ1) is 12.5. The molecular formula is C21H32N2O2Si. The highest BCUT2D eigenvalue weighted by Crippen LogP contribution is 2.26. The zero-order chi connectivity index (χ0) is 18.8. The zero-order valence-electron chi connectivity index (χ0n) is 16.0. The lowest BCUT2D eigenvalue weighted by Gasteiger charge is -2.28. The molecule has 0 fully saturated rings. The van der Waals surface area contributed by atoms with Crippen LogP contribution in [0.25, 0.3) is 0 Å². The van der Waals surface area contributed by atoms with Crippen molar-refractivity contribution in [2.45, 2.75) is 58.0 Å². The lowest BCUT2D eigenvalue weighted by atomic mass is 10.1. The number of hydrogen-bond acceptors (Lipinski definition) is 4. The van der Waals surface area contributed by atoms with Gasteiger partial charge in [-0.15, -0.1) is 0 Å². The Bertz CT molecular complexity index is 597. The van der Waals surface area contributed by atoms with Crippen molar-refractivity contribution in [3.05, 3.63) is 48.5 Å². The molecule has 0 spiro atoms. The summed E-state index contributed by atoms with van der Waals surface area (Å²) in [5, 5.41) is 0. The lowest BCUT2D eigenvalue weighted by molar-refractivity contribution is 0.384. The van der Waals surface area contributed by atoms with E-state index in [9.17, 15) is 0 Å². The van der Waals surface area contributed by atoms with E-state index in [-0.39, 0.29) is 0 Å². The Morgan fingerprint density at radius 3 is 1.58 bits per heavy atom. The molecule has 0 aliphatic heterocycles. The second-order valence-electron chi connectivity index (χ2n) is 6.99. The number of hydrogen-bond donors (Lipinski definition) is 2. The summed E-state index contributed by atoms with van der Waals surface area (Å²) in [6, 6.07) is 16.0. The molecule has 0 aliphatic rings. The van der Waals surface area contributed by atoms with Gasteiger partial charge >= 0.3 is 8.56 Å². The number of nitrogens with two attached hydrogens (primary N) is 2. The van der Waals surface area contributed by atoms with Crippen LogP contribution in [0.2, 0.25) is 12.6 Å². The molecule has 0 saturated carbocycles. The molecule has 0 saturated heterocycles. The predicted octanol–water partition coefficient (Wildman–Crippen LogP) is 5.74. The Kier molecular flexibility index (Phi) is 7.85. The van der Waals surface area contributed by atoms with Gasteiger partial charge in [0.15, 0.2) is 0 Å². The smallest absolute Gasteiger partial charge is 0.457 e. The Balaban J connectivity index is 2.01. The highest BCUT2D eigenvalue weighted by atomic mass is 28.4. The van der Waals surface area contributed by atoms with Gasteiger partial charge in [-0.25, -0.2) is 0 Å². The zero-order valence-corrected chi connectivity index (χ0v) is 17.0. The Hall–Kier alpha value is -2.14. The first kappa shape index (κ1) is 20.2. The van der Waals surface area contributed by atoms with Crippen molar-refractivity contribution in [1.29, 1.82) is 0 Å². The fraction of sp³-hybridized carbons (Fsp3) is 0.429. The normalized spacial score (nSPS) is 11.3. The van der Waals surface area contributed by atoms with Gasteiger partial charge in [0, 0.05) is 24.0 Å². The maximum Gasteiger partial charge on any atom is 0.457 e. The van der Waals surface area contributed by atoms with Crippen molar-refractivity contribution in [1.82, 2.24) is 0 Å². The summed E-state index contributed by atoms with van der Waals surface area (Å²) in [5.41, 5.74) is 13.0. The molecule has 26 heavy (non-hydrogen) atoms. The first-order valence-electron chi connectivity index (χ1n) is 9.60. The summed E-state index contributed by atoms with van der Waals surface area (Å²) < 4.78 is 12.7.